The third-order valence-electron chi connectivity index (χ3n) is 2.79. The Morgan fingerprint density at radius 2 is 2.20 bits per heavy atom. The molecule has 0 fully saturated rings. The number of halogens is 1. The van der Waals surface area contributed by atoms with Crippen molar-refractivity contribution < 1.29 is 9.13 Å². The minimum Gasteiger partial charge on any atom is -0.493 e. The second kappa shape index (κ2) is 4.62. The van der Waals surface area contributed by atoms with Gasteiger partial charge in [0.05, 0.1) is 6.61 Å². The van der Waals surface area contributed by atoms with E-state index in [9.17, 15) is 4.39 Å². The van der Waals surface area contributed by atoms with Gasteiger partial charge < -0.3 is 10.5 Å². The monoisotopic (exact) mass is 209 g/mol. The predicted octanol–water partition coefficient (Wildman–Crippen LogP) is 2.04. The van der Waals surface area contributed by atoms with Gasteiger partial charge in [-0.25, -0.2) is 4.39 Å². The molecule has 0 amide bonds. The number of ether oxygens (including phenoxy) is 1. The fraction of sp³-hybridized carbons (Fsp3) is 0.500. The second-order valence-corrected chi connectivity index (χ2v) is 3.86. The Morgan fingerprint density at radius 1 is 1.33 bits per heavy atom. The van der Waals surface area contributed by atoms with Crippen molar-refractivity contribution in [1.82, 2.24) is 0 Å². The highest BCUT2D eigenvalue weighted by atomic mass is 19.1. The van der Waals surface area contributed by atoms with Gasteiger partial charge in [-0.3, -0.25) is 0 Å². The van der Waals surface area contributed by atoms with Gasteiger partial charge in [-0.05, 0) is 37.4 Å². The maximum Gasteiger partial charge on any atom is 0.133 e. The lowest BCUT2D eigenvalue weighted by Gasteiger charge is -2.06. The number of rotatable bonds is 4. The average Bonchev–Trinajstić information content (AvgIpc) is 2.70. The molecule has 82 valence electrons. The van der Waals surface area contributed by atoms with E-state index in [0.717, 1.165) is 36.1 Å². The Labute approximate surface area is 89.2 Å². The minimum atomic E-state index is -0.0676. The molecule has 2 rings (SSSR count). The molecule has 0 atom stereocenters. The highest BCUT2D eigenvalue weighted by molar-refractivity contribution is 5.41. The van der Waals surface area contributed by atoms with Crippen LogP contribution in [0.2, 0.25) is 0 Å². The molecule has 0 unspecified atom stereocenters. The highest BCUT2D eigenvalue weighted by Gasteiger charge is 2.18. The molecule has 2 N–H and O–H groups in total. The maximum absolute atomic E-state index is 13.9. The van der Waals surface area contributed by atoms with Gasteiger partial charge in [0.15, 0.2) is 0 Å². The lowest BCUT2D eigenvalue weighted by Crippen LogP contribution is -2.00. The van der Waals surface area contributed by atoms with Crippen LogP contribution in [0.5, 0.6) is 5.75 Å². The van der Waals surface area contributed by atoms with E-state index >= 15 is 0 Å². The van der Waals surface area contributed by atoms with Gasteiger partial charge in [0.2, 0.25) is 0 Å². The molecule has 0 spiro atoms. The molecule has 0 saturated carbocycles. The van der Waals surface area contributed by atoms with Crippen molar-refractivity contribution in [3.8, 4) is 5.75 Å². The Bertz CT molecular complexity index is 352. The van der Waals surface area contributed by atoms with E-state index < -0.39 is 0 Å². The summed E-state index contributed by atoms with van der Waals surface area (Å²) in [6.45, 7) is 1.29. The molecule has 15 heavy (non-hydrogen) atoms. The third kappa shape index (κ3) is 2.12. The maximum atomic E-state index is 13.9. The first-order chi connectivity index (χ1) is 7.33. The standard InChI is InChI=1S/C12H16FNO/c13-12-9(3-1-2-7-14)4-5-11-10(12)6-8-15-11/h4-5H,1-3,6-8,14H2. The molecular formula is C12H16FNO. The van der Waals surface area contributed by atoms with Crippen LogP contribution < -0.4 is 10.5 Å². The van der Waals surface area contributed by atoms with Crippen molar-refractivity contribution >= 4 is 0 Å². The van der Waals surface area contributed by atoms with E-state index in [1.165, 1.54) is 0 Å². The normalized spacial score (nSPS) is 13.7. The molecule has 0 saturated heterocycles. The number of hydrogen-bond donors (Lipinski definition) is 1. The molecule has 0 bridgehead atoms. The first kappa shape index (κ1) is 10.4. The van der Waals surface area contributed by atoms with Crippen LogP contribution in [-0.2, 0) is 12.8 Å². The van der Waals surface area contributed by atoms with Gasteiger partial charge in [-0.2, -0.15) is 0 Å². The van der Waals surface area contributed by atoms with Crippen molar-refractivity contribution in [2.45, 2.75) is 25.7 Å². The summed E-state index contributed by atoms with van der Waals surface area (Å²) in [6.07, 6.45) is 3.38. The largest absolute Gasteiger partial charge is 0.493 e. The fourth-order valence-corrected chi connectivity index (χ4v) is 1.94. The Balaban J connectivity index is 2.12. The van der Waals surface area contributed by atoms with E-state index in [1.54, 1.807) is 0 Å². The van der Waals surface area contributed by atoms with E-state index in [4.69, 9.17) is 10.5 Å². The van der Waals surface area contributed by atoms with Crippen molar-refractivity contribution in [3.63, 3.8) is 0 Å². The van der Waals surface area contributed by atoms with Crippen molar-refractivity contribution in [2.75, 3.05) is 13.2 Å². The summed E-state index contributed by atoms with van der Waals surface area (Å²) in [6, 6.07) is 3.71. The van der Waals surface area contributed by atoms with Crippen LogP contribution in [0, 0.1) is 5.82 Å². The smallest absolute Gasteiger partial charge is 0.133 e. The molecule has 0 aliphatic carbocycles. The quantitative estimate of drug-likeness (QED) is 0.770. The molecule has 2 nitrogen and oxygen atoms in total. The molecule has 1 heterocycles. The molecule has 1 aromatic carbocycles. The van der Waals surface area contributed by atoms with Crippen LogP contribution in [-0.4, -0.2) is 13.2 Å². The van der Waals surface area contributed by atoms with E-state index in [1.807, 2.05) is 12.1 Å². The number of hydrogen-bond acceptors (Lipinski definition) is 2. The lowest BCUT2D eigenvalue weighted by molar-refractivity contribution is 0.356. The van der Waals surface area contributed by atoms with Gasteiger partial charge in [0.25, 0.3) is 0 Å². The zero-order chi connectivity index (χ0) is 10.7. The van der Waals surface area contributed by atoms with E-state index in [-0.39, 0.29) is 5.82 Å². The summed E-state index contributed by atoms with van der Waals surface area (Å²) >= 11 is 0. The molecule has 3 heteroatoms. The first-order valence-corrected chi connectivity index (χ1v) is 5.46. The zero-order valence-corrected chi connectivity index (χ0v) is 8.76. The molecule has 1 aliphatic heterocycles. The summed E-state index contributed by atoms with van der Waals surface area (Å²) in [4.78, 5) is 0. The van der Waals surface area contributed by atoms with Crippen LogP contribution in [0.4, 0.5) is 4.39 Å². The SMILES string of the molecule is NCCCCc1ccc2c(c1F)CCO2. The summed E-state index contributed by atoms with van der Waals surface area (Å²) in [5.74, 6) is 0.650. The van der Waals surface area contributed by atoms with Gasteiger partial charge in [0.1, 0.15) is 11.6 Å². The van der Waals surface area contributed by atoms with Crippen molar-refractivity contribution in [2.24, 2.45) is 5.73 Å². The zero-order valence-electron chi connectivity index (χ0n) is 8.76. The fourth-order valence-electron chi connectivity index (χ4n) is 1.94. The Hall–Kier alpha value is -1.09. The minimum absolute atomic E-state index is 0.0676. The van der Waals surface area contributed by atoms with Gasteiger partial charge in [0, 0.05) is 12.0 Å². The molecule has 1 aromatic rings. The predicted molar refractivity (Wildman–Crippen MR) is 57.6 cm³/mol. The Kier molecular flexibility index (Phi) is 3.21. The van der Waals surface area contributed by atoms with Crippen molar-refractivity contribution in [1.29, 1.82) is 0 Å². The Morgan fingerprint density at radius 3 is 3.00 bits per heavy atom. The number of fused-ring (bicyclic) bond motifs is 1. The first-order valence-electron chi connectivity index (χ1n) is 5.46. The summed E-state index contributed by atoms with van der Waals surface area (Å²) in [5, 5.41) is 0. The van der Waals surface area contributed by atoms with Gasteiger partial charge in [-0.1, -0.05) is 6.07 Å². The number of nitrogens with two attached hydrogens (primary N) is 1. The highest BCUT2D eigenvalue weighted by Crippen LogP contribution is 2.29. The number of unbranched alkanes of at least 4 members (excludes halogenated alkanes) is 1. The van der Waals surface area contributed by atoms with E-state index in [2.05, 4.69) is 0 Å². The average molecular weight is 209 g/mol. The second-order valence-electron chi connectivity index (χ2n) is 3.86. The van der Waals surface area contributed by atoms with Crippen LogP contribution in [0.25, 0.3) is 0 Å². The molecular weight excluding hydrogens is 193 g/mol. The van der Waals surface area contributed by atoms with Crippen LogP contribution in [0.1, 0.15) is 24.0 Å². The topological polar surface area (TPSA) is 35.2 Å². The van der Waals surface area contributed by atoms with Crippen LogP contribution in [0.15, 0.2) is 12.1 Å². The summed E-state index contributed by atoms with van der Waals surface area (Å²) < 4.78 is 19.2. The molecule has 0 aromatic heterocycles. The molecule has 1 aliphatic rings. The van der Waals surface area contributed by atoms with Gasteiger partial charge in [-0.15, -0.1) is 0 Å². The summed E-state index contributed by atoms with van der Waals surface area (Å²) in [5.41, 5.74) is 6.96. The van der Waals surface area contributed by atoms with E-state index in [0.29, 0.717) is 19.6 Å². The van der Waals surface area contributed by atoms with Gasteiger partial charge >= 0.3 is 0 Å². The van der Waals surface area contributed by atoms with Crippen LogP contribution in [0.3, 0.4) is 0 Å². The molecule has 0 radical (unpaired) electrons. The van der Waals surface area contributed by atoms with Crippen LogP contribution >= 0.6 is 0 Å². The third-order valence-corrected chi connectivity index (χ3v) is 2.79. The summed E-state index contributed by atoms with van der Waals surface area (Å²) in [7, 11) is 0. The van der Waals surface area contributed by atoms with Crippen molar-refractivity contribution in [3.05, 3.63) is 29.1 Å². The number of aryl methyl sites for hydroxylation is 1. The number of benzene rings is 1. The lowest BCUT2D eigenvalue weighted by atomic mass is 10.0.